The Bertz CT molecular complexity index is 623. The summed E-state index contributed by atoms with van der Waals surface area (Å²) in [5.41, 5.74) is 0.439. The zero-order chi connectivity index (χ0) is 18.4. The number of hydrogen-bond acceptors (Lipinski definition) is 3. The summed E-state index contributed by atoms with van der Waals surface area (Å²) in [6, 6.07) is 5.48. The second-order valence-electron chi connectivity index (χ2n) is 6.51. The fourth-order valence-corrected chi connectivity index (χ4v) is 2.80. The van der Waals surface area contributed by atoms with E-state index in [-0.39, 0.29) is 42.0 Å². The molecule has 0 radical (unpaired) electrons. The third-order valence-electron chi connectivity index (χ3n) is 4.12. The first kappa shape index (κ1) is 18.9. The number of rotatable bonds is 5. The van der Waals surface area contributed by atoms with Gasteiger partial charge < -0.3 is 15.5 Å². The van der Waals surface area contributed by atoms with E-state index in [1.165, 1.54) is 24.3 Å². The number of halogens is 1. The Morgan fingerprint density at radius 2 is 1.76 bits per heavy atom. The highest BCUT2D eigenvalue weighted by Crippen LogP contribution is 2.19. The smallest absolute Gasteiger partial charge is 0.253 e. The monoisotopic (exact) mass is 349 g/mol. The van der Waals surface area contributed by atoms with E-state index in [4.69, 9.17) is 0 Å². The van der Waals surface area contributed by atoms with Crippen molar-refractivity contribution >= 4 is 17.7 Å². The minimum Gasteiger partial charge on any atom is -0.352 e. The maximum Gasteiger partial charge on any atom is 0.253 e. The lowest BCUT2D eigenvalue weighted by molar-refractivity contribution is -0.129. The van der Waals surface area contributed by atoms with Crippen LogP contribution in [0.5, 0.6) is 0 Å². The number of carbonyl (C=O) groups excluding carboxylic acids is 3. The van der Waals surface area contributed by atoms with Crippen LogP contribution >= 0.6 is 0 Å². The van der Waals surface area contributed by atoms with Crippen LogP contribution < -0.4 is 10.6 Å². The highest BCUT2D eigenvalue weighted by molar-refractivity contribution is 5.94. The van der Waals surface area contributed by atoms with Gasteiger partial charge in [0.25, 0.3) is 5.91 Å². The van der Waals surface area contributed by atoms with Gasteiger partial charge in [-0.3, -0.25) is 14.4 Å². The molecule has 0 aliphatic carbocycles. The standard InChI is InChI=1S/C18H24FN3O3/c1-12(2)21-16(23)11-20-17(24)13-7-9-22(10-8-13)18(25)14-3-5-15(19)6-4-14/h3-6,12-13H,7-11H2,1-2H3,(H,20,24)(H,21,23). The summed E-state index contributed by atoms with van der Waals surface area (Å²) in [6.07, 6.45) is 1.09. The molecule has 0 aromatic heterocycles. The maximum atomic E-state index is 12.9. The molecule has 1 aromatic carbocycles. The van der Waals surface area contributed by atoms with E-state index in [0.29, 0.717) is 31.5 Å². The Hall–Kier alpha value is -2.44. The van der Waals surface area contributed by atoms with Gasteiger partial charge in [-0.25, -0.2) is 4.39 Å². The summed E-state index contributed by atoms with van der Waals surface area (Å²) in [6.45, 7) is 4.60. The molecule has 25 heavy (non-hydrogen) atoms. The molecule has 1 fully saturated rings. The lowest BCUT2D eigenvalue weighted by Gasteiger charge is -2.31. The molecule has 1 aromatic rings. The van der Waals surface area contributed by atoms with Gasteiger partial charge in [0.05, 0.1) is 6.54 Å². The zero-order valence-corrected chi connectivity index (χ0v) is 14.5. The van der Waals surface area contributed by atoms with Gasteiger partial charge in [-0.05, 0) is 51.0 Å². The summed E-state index contributed by atoms with van der Waals surface area (Å²) < 4.78 is 12.9. The van der Waals surface area contributed by atoms with E-state index in [0.717, 1.165) is 0 Å². The molecule has 2 rings (SSSR count). The van der Waals surface area contributed by atoms with Crippen LogP contribution in [0.25, 0.3) is 0 Å². The number of amides is 3. The number of nitrogens with zero attached hydrogens (tertiary/aromatic N) is 1. The maximum absolute atomic E-state index is 12.9. The van der Waals surface area contributed by atoms with Crippen LogP contribution in [-0.4, -0.2) is 48.3 Å². The molecule has 0 saturated carbocycles. The predicted molar refractivity (Wildman–Crippen MR) is 91.3 cm³/mol. The van der Waals surface area contributed by atoms with E-state index >= 15 is 0 Å². The van der Waals surface area contributed by atoms with Crippen molar-refractivity contribution in [1.82, 2.24) is 15.5 Å². The summed E-state index contributed by atoms with van der Waals surface area (Å²) in [5.74, 6) is -1.12. The summed E-state index contributed by atoms with van der Waals surface area (Å²) in [4.78, 5) is 37.7. The van der Waals surface area contributed by atoms with Gasteiger partial charge in [0.1, 0.15) is 5.82 Å². The lowest BCUT2D eigenvalue weighted by atomic mass is 9.95. The largest absolute Gasteiger partial charge is 0.352 e. The molecule has 2 N–H and O–H groups in total. The minimum absolute atomic E-state index is 0.0325. The van der Waals surface area contributed by atoms with Crippen molar-refractivity contribution in [3.8, 4) is 0 Å². The Morgan fingerprint density at radius 1 is 1.16 bits per heavy atom. The van der Waals surface area contributed by atoms with Gasteiger partial charge in [-0.2, -0.15) is 0 Å². The van der Waals surface area contributed by atoms with Gasteiger partial charge in [-0.15, -0.1) is 0 Å². The molecule has 0 bridgehead atoms. The zero-order valence-electron chi connectivity index (χ0n) is 14.5. The Labute approximate surface area is 146 Å². The van der Waals surface area contributed by atoms with Crippen molar-refractivity contribution in [3.05, 3.63) is 35.6 Å². The third kappa shape index (κ3) is 5.55. The third-order valence-corrected chi connectivity index (χ3v) is 4.12. The summed E-state index contributed by atoms with van der Waals surface area (Å²) in [7, 11) is 0. The molecule has 3 amide bonds. The van der Waals surface area contributed by atoms with Gasteiger partial charge in [0.2, 0.25) is 11.8 Å². The quantitative estimate of drug-likeness (QED) is 0.841. The highest BCUT2D eigenvalue weighted by atomic mass is 19.1. The number of benzene rings is 1. The van der Waals surface area contributed by atoms with Gasteiger partial charge >= 0.3 is 0 Å². The second kappa shape index (κ2) is 8.60. The molecule has 136 valence electrons. The van der Waals surface area contributed by atoms with Crippen LogP contribution in [0.4, 0.5) is 4.39 Å². The SMILES string of the molecule is CC(C)NC(=O)CNC(=O)C1CCN(C(=O)c2ccc(F)cc2)CC1. The predicted octanol–water partition coefficient (Wildman–Crippen LogP) is 1.32. The van der Waals surface area contributed by atoms with E-state index in [1.807, 2.05) is 13.8 Å². The van der Waals surface area contributed by atoms with Crippen molar-refractivity contribution < 1.29 is 18.8 Å². The van der Waals surface area contributed by atoms with E-state index in [9.17, 15) is 18.8 Å². The van der Waals surface area contributed by atoms with E-state index in [2.05, 4.69) is 10.6 Å². The van der Waals surface area contributed by atoms with Gasteiger partial charge in [-0.1, -0.05) is 0 Å². The molecule has 1 saturated heterocycles. The average molecular weight is 349 g/mol. The second-order valence-corrected chi connectivity index (χ2v) is 6.51. The van der Waals surface area contributed by atoms with Crippen LogP contribution in [0.3, 0.4) is 0 Å². The molecular weight excluding hydrogens is 325 g/mol. The van der Waals surface area contributed by atoms with Gasteiger partial charge in [0.15, 0.2) is 0 Å². The van der Waals surface area contributed by atoms with Crippen LogP contribution in [0.15, 0.2) is 24.3 Å². The Balaban J connectivity index is 1.78. The van der Waals surface area contributed by atoms with Crippen LogP contribution in [0.2, 0.25) is 0 Å². The molecule has 7 heteroatoms. The first-order valence-electron chi connectivity index (χ1n) is 8.48. The minimum atomic E-state index is -0.381. The highest BCUT2D eigenvalue weighted by Gasteiger charge is 2.28. The normalized spacial score (nSPS) is 15.1. The van der Waals surface area contributed by atoms with Gasteiger partial charge in [0, 0.05) is 30.6 Å². The van der Waals surface area contributed by atoms with Crippen molar-refractivity contribution in [1.29, 1.82) is 0 Å². The summed E-state index contributed by atoms with van der Waals surface area (Å²) >= 11 is 0. The van der Waals surface area contributed by atoms with Crippen molar-refractivity contribution in [3.63, 3.8) is 0 Å². The van der Waals surface area contributed by atoms with E-state index < -0.39 is 0 Å². The molecule has 0 spiro atoms. The number of hydrogen-bond donors (Lipinski definition) is 2. The number of nitrogens with one attached hydrogen (secondary N) is 2. The molecule has 1 aliphatic rings. The molecule has 0 unspecified atom stereocenters. The fraction of sp³-hybridized carbons (Fsp3) is 0.500. The number of carbonyl (C=O) groups is 3. The molecular formula is C18H24FN3O3. The van der Waals surface area contributed by atoms with Crippen LogP contribution in [-0.2, 0) is 9.59 Å². The molecule has 1 aliphatic heterocycles. The van der Waals surface area contributed by atoms with Crippen molar-refractivity contribution in [2.75, 3.05) is 19.6 Å². The molecule has 6 nitrogen and oxygen atoms in total. The average Bonchev–Trinajstić information content (AvgIpc) is 2.59. The van der Waals surface area contributed by atoms with Crippen molar-refractivity contribution in [2.24, 2.45) is 5.92 Å². The number of piperidine rings is 1. The topological polar surface area (TPSA) is 78.5 Å². The summed E-state index contributed by atoms with van der Waals surface area (Å²) in [5, 5.41) is 5.36. The first-order chi connectivity index (χ1) is 11.9. The van der Waals surface area contributed by atoms with Crippen LogP contribution in [0.1, 0.15) is 37.0 Å². The number of likely N-dealkylation sites (tertiary alicyclic amines) is 1. The first-order valence-corrected chi connectivity index (χ1v) is 8.48. The lowest BCUT2D eigenvalue weighted by Crippen LogP contribution is -2.45. The van der Waals surface area contributed by atoms with Crippen molar-refractivity contribution in [2.45, 2.75) is 32.7 Å². The molecule has 0 atom stereocenters. The fourth-order valence-electron chi connectivity index (χ4n) is 2.80. The van der Waals surface area contributed by atoms with Crippen LogP contribution in [0, 0.1) is 11.7 Å². The van der Waals surface area contributed by atoms with E-state index in [1.54, 1.807) is 4.90 Å². The Morgan fingerprint density at radius 3 is 2.32 bits per heavy atom. The Kier molecular flexibility index (Phi) is 6.50. The molecule has 1 heterocycles.